The van der Waals surface area contributed by atoms with Gasteiger partial charge < -0.3 is 0 Å². The summed E-state index contributed by atoms with van der Waals surface area (Å²) in [5.74, 6) is 0. The van der Waals surface area contributed by atoms with E-state index in [-0.39, 0.29) is 0 Å². The van der Waals surface area contributed by atoms with Crippen molar-refractivity contribution in [1.29, 1.82) is 0 Å². The van der Waals surface area contributed by atoms with Crippen molar-refractivity contribution in [3.8, 4) is 0 Å². The van der Waals surface area contributed by atoms with Crippen LogP contribution >= 0.6 is 23.3 Å². The SMILES string of the molecule is CCCCCCCC1=Cc2ccccc2S1(Br)C(F)(F)F. The monoisotopic (exact) mass is 380 g/mol. The van der Waals surface area contributed by atoms with Gasteiger partial charge in [-0.25, -0.2) is 0 Å². The number of fused-ring (bicyclic) bond motifs is 1. The molecule has 1 aromatic rings. The second kappa shape index (κ2) is 6.78. The van der Waals surface area contributed by atoms with E-state index in [2.05, 4.69) is 21.7 Å². The molecule has 0 saturated heterocycles. The summed E-state index contributed by atoms with van der Waals surface area (Å²) < 4.78 is 41.0. The molecule has 0 saturated carbocycles. The first-order valence-corrected chi connectivity index (χ1v) is 10.8. The third-order valence-corrected chi connectivity index (χ3v) is 9.80. The average Bonchev–Trinajstić information content (AvgIpc) is 2.73. The number of halogens is 4. The predicted octanol–water partition coefficient (Wildman–Crippen LogP) is 7.39. The van der Waals surface area contributed by atoms with Gasteiger partial charge in [-0.05, 0) is 58.7 Å². The van der Waals surface area contributed by atoms with Crippen LogP contribution in [0.3, 0.4) is 0 Å². The van der Waals surface area contributed by atoms with Crippen molar-refractivity contribution in [2.45, 2.75) is 55.9 Å². The van der Waals surface area contributed by atoms with Gasteiger partial charge >= 0.3 is 5.51 Å². The van der Waals surface area contributed by atoms with Gasteiger partial charge in [-0.2, -0.15) is 13.2 Å². The Hall–Kier alpha value is -0.420. The molecule has 0 spiro atoms. The molecule has 0 aliphatic carbocycles. The summed E-state index contributed by atoms with van der Waals surface area (Å²) in [5.41, 5.74) is -3.53. The van der Waals surface area contributed by atoms with Crippen LogP contribution in [0.4, 0.5) is 13.2 Å². The lowest BCUT2D eigenvalue weighted by molar-refractivity contribution is -0.0355. The van der Waals surface area contributed by atoms with E-state index in [4.69, 9.17) is 0 Å². The second-order valence-corrected chi connectivity index (χ2v) is 10.7. The van der Waals surface area contributed by atoms with E-state index in [1.165, 1.54) is 0 Å². The van der Waals surface area contributed by atoms with E-state index >= 15 is 0 Å². The molecule has 0 fully saturated rings. The van der Waals surface area contributed by atoms with Gasteiger partial charge in [0.2, 0.25) is 0 Å². The van der Waals surface area contributed by atoms with Gasteiger partial charge in [0, 0.05) is 4.90 Å². The number of alkyl halides is 3. The van der Waals surface area contributed by atoms with E-state index in [1.54, 1.807) is 30.3 Å². The molecular formula is C16H20BrF3S. The highest BCUT2D eigenvalue weighted by Crippen LogP contribution is 2.81. The Balaban J connectivity index is 2.17. The van der Waals surface area contributed by atoms with Crippen LogP contribution in [0.15, 0.2) is 34.1 Å². The minimum atomic E-state index is -4.24. The van der Waals surface area contributed by atoms with Gasteiger partial charge in [0.1, 0.15) is 0 Å². The highest BCUT2D eigenvalue weighted by atomic mass is 79.9. The molecule has 0 aromatic heterocycles. The number of rotatable bonds is 6. The van der Waals surface area contributed by atoms with Crippen LogP contribution in [0.2, 0.25) is 0 Å². The first-order valence-electron chi connectivity index (χ1n) is 7.30. The quantitative estimate of drug-likeness (QED) is 0.451. The van der Waals surface area contributed by atoms with Gasteiger partial charge in [0.25, 0.3) is 0 Å². The predicted molar refractivity (Wildman–Crippen MR) is 88.6 cm³/mol. The standard InChI is InChI=1S/C16H20BrF3S/c1-2-3-4-5-6-10-14-12-13-9-7-8-11-15(13)21(14,17)16(18,19)20/h7-9,11-12H,2-6,10H2,1H3. The van der Waals surface area contributed by atoms with E-state index < -0.39 is 14.0 Å². The Morgan fingerprint density at radius 1 is 1.05 bits per heavy atom. The molecule has 1 unspecified atom stereocenters. The summed E-state index contributed by atoms with van der Waals surface area (Å²) in [7, 11) is -3.04. The van der Waals surface area contributed by atoms with E-state index in [0.717, 1.165) is 32.1 Å². The summed E-state index contributed by atoms with van der Waals surface area (Å²) in [6, 6.07) is 6.86. The Kier molecular flexibility index (Phi) is 5.47. The molecule has 1 aliphatic heterocycles. The molecule has 0 bridgehead atoms. The smallest absolute Gasteiger partial charge is 0.160 e. The highest BCUT2D eigenvalue weighted by Gasteiger charge is 2.54. The molecule has 2 rings (SSSR count). The van der Waals surface area contributed by atoms with Crippen molar-refractivity contribution >= 4 is 29.4 Å². The number of unbranched alkanes of at least 4 members (excludes halogenated alkanes) is 4. The molecule has 1 atom stereocenters. The average molecular weight is 381 g/mol. The zero-order valence-electron chi connectivity index (χ0n) is 12.0. The van der Waals surface area contributed by atoms with E-state index in [1.807, 2.05) is 0 Å². The molecule has 1 aliphatic rings. The molecule has 1 aromatic carbocycles. The first-order chi connectivity index (χ1) is 9.91. The summed E-state index contributed by atoms with van der Waals surface area (Å²) in [5, 5.41) is 0. The maximum Gasteiger partial charge on any atom is 0.442 e. The lowest BCUT2D eigenvalue weighted by Gasteiger charge is -2.35. The number of allylic oxidation sites excluding steroid dienone is 1. The third-order valence-electron chi connectivity index (χ3n) is 3.75. The van der Waals surface area contributed by atoms with Crippen LogP contribution in [0.25, 0.3) is 6.08 Å². The largest absolute Gasteiger partial charge is 0.442 e. The van der Waals surface area contributed by atoms with E-state index in [9.17, 15) is 13.2 Å². The summed E-state index contributed by atoms with van der Waals surface area (Å²) in [6.45, 7) is 2.13. The lowest BCUT2D eigenvalue weighted by atomic mass is 10.1. The Morgan fingerprint density at radius 2 is 1.71 bits per heavy atom. The Bertz CT molecular complexity index is 524. The van der Waals surface area contributed by atoms with Crippen LogP contribution in [0.1, 0.15) is 51.0 Å². The van der Waals surface area contributed by atoms with Crippen LogP contribution < -0.4 is 0 Å². The Morgan fingerprint density at radius 3 is 2.38 bits per heavy atom. The third kappa shape index (κ3) is 3.34. The highest BCUT2D eigenvalue weighted by molar-refractivity contribution is 9.59. The lowest BCUT2D eigenvalue weighted by Crippen LogP contribution is -2.15. The van der Waals surface area contributed by atoms with Crippen LogP contribution in [-0.4, -0.2) is 5.51 Å². The van der Waals surface area contributed by atoms with Crippen LogP contribution in [-0.2, 0) is 0 Å². The van der Waals surface area contributed by atoms with Crippen molar-refractivity contribution in [1.82, 2.24) is 0 Å². The Labute approximate surface area is 133 Å². The van der Waals surface area contributed by atoms with Gasteiger partial charge in [0.05, 0.1) is 0 Å². The fourth-order valence-electron chi connectivity index (χ4n) is 2.64. The van der Waals surface area contributed by atoms with E-state index in [0.29, 0.717) is 21.8 Å². The minimum absolute atomic E-state index is 0.404. The molecule has 5 heteroatoms. The van der Waals surface area contributed by atoms with Crippen LogP contribution in [0, 0.1) is 0 Å². The molecule has 0 amide bonds. The number of benzene rings is 1. The first kappa shape index (κ1) is 16.9. The van der Waals surface area contributed by atoms with Crippen molar-refractivity contribution in [2.75, 3.05) is 0 Å². The molecule has 21 heavy (non-hydrogen) atoms. The zero-order chi connectivity index (χ0) is 15.5. The minimum Gasteiger partial charge on any atom is -0.160 e. The summed E-state index contributed by atoms with van der Waals surface area (Å²) in [6.07, 6.45) is 7.51. The van der Waals surface area contributed by atoms with Gasteiger partial charge in [-0.3, -0.25) is 0 Å². The molecule has 1 heterocycles. The van der Waals surface area contributed by atoms with Crippen molar-refractivity contribution in [2.24, 2.45) is 0 Å². The molecule has 0 radical (unpaired) electrons. The molecular weight excluding hydrogens is 361 g/mol. The van der Waals surface area contributed by atoms with Crippen molar-refractivity contribution < 1.29 is 13.2 Å². The van der Waals surface area contributed by atoms with Crippen LogP contribution in [0.5, 0.6) is 0 Å². The topological polar surface area (TPSA) is 0 Å². The fourth-order valence-corrected chi connectivity index (χ4v) is 6.55. The summed E-state index contributed by atoms with van der Waals surface area (Å²) >= 11 is 3.10. The fraction of sp³-hybridized carbons (Fsp3) is 0.500. The summed E-state index contributed by atoms with van der Waals surface area (Å²) in [4.78, 5) is 0.925. The van der Waals surface area contributed by atoms with Crippen molar-refractivity contribution in [3.63, 3.8) is 0 Å². The maximum absolute atomic E-state index is 13.7. The number of hydrogen-bond donors (Lipinski definition) is 0. The molecule has 0 N–H and O–H groups in total. The second-order valence-electron chi connectivity index (χ2n) is 5.30. The van der Waals surface area contributed by atoms with Crippen molar-refractivity contribution in [3.05, 3.63) is 34.7 Å². The van der Waals surface area contributed by atoms with Gasteiger partial charge in [-0.1, -0.05) is 50.8 Å². The normalized spacial score (nSPS) is 24.3. The molecule has 0 nitrogen and oxygen atoms in total. The zero-order valence-corrected chi connectivity index (χ0v) is 14.5. The number of hydrogen-bond acceptors (Lipinski definition) is 0. The van der Waals surface area contributed by atoms with Gasteiger partial charge in [0.15, 0.2) is 0 Å². The maximum atomic E-state index is 13.7. The molecule has 118 valence electrons. The van der Waals surface area contributed by atoms with Gasteiger partial charge in [-0.15, -0.1) is 0 Å².